The van der Waals surface area contributed by atoms with Crippen molar-refractivity contribution in [1.29, 1.82) is 0 Å². The van der Waals surface area contributed by atoms with E-state index in [1.807, 2.05) is 11.3 Å². The van der Waals surface area contributed by atoms with Gasteiger partial charge >= 0.3 is 0 Å². The molecule has 1 aromatic heterocycles. The van der Waals surface area contributed by atoms with E-state index in [2.05, 4.69) is 55.5 Å². The summed E-state index contributed by atoms with van der Waals surface area (Å²) in [5.41, 5.74) is 2.55. The molecular formula is C18H13ClS. The average Bonchev–Trinajstić information content (AvgIpc) is 2.87. The molecule has 0 unspecified atom stereocenters. The molecular weight excluding hydrogens is 284 g/mol. The molecule has 0 saturated heterocycles. The van der Waals surface area contributed by atoms with Gasteiger partial charge in [-0.05, 0) is 41.0 Å². The molecule has 4 rings (SSSR count). The molecule has 0 radical (unpaired) electrons. The first kappa shape index (κ1) is 12.2. The highest BCUT2D eigenvalue weighted by molar-refractivity contribution is 7.26. The topological polar surface area (TPSA) is 0 Å². The fraction of sp³-hybridized carbons (Fsp3) is 0.111. The van der Waals surface area contributed by atoms with E-state index in [0.29, 0.717) is 5.88 Å². The molecule has 0 nitrogen and oxygen atoms in total. The SMILES string of the molecule is Cc1cccc2c1cc(CCl)c1c3ccccc3sc21. The third kappa shape index (κ3) is 1.60. The van der Waals surface area contributed by atoms with Crippen LogP contribution in [-0.2, 0) is 5.88 Å². The van der Waals surface area contributed by atoms with Gasteiger partial charge in [0.25, 0.3) is 0 Å². The van der Waals surface area contributed by atoms with Crippen LogP contribution in [0.3, 0.4) is 0 Å². The number of hydrogen-bond acceptors (Lipinski definition) is 1. The Morgan fingerprint density at radius 1 is 0.950 bits per heavy atom. The molecule has 0 N–H and O–H groups in total. The molecule has 0 spiro atoms. The second-order valence-electron chi connectivity index (χ2n) is 5.14. The number of halogens is 1. The maximum absolute atomic E-state index is 6.22. The van der Waals surface area contributed by atoms with Gasteiger partial charge in [-0.1, -0.05) is 36.4 Å². The summed E-state index contributed by atoms with van der Waals surface area (Å²) in [6, 6.07) is 17.4. The van der Waals surface area contributed by atoms with Crippen molar-refractivity contribution in [3.63, 3.8) is 0 Å². The van der Waals surface area contributed by atoms with Gasteiger partial charge in [0, 0.05) is 26.1 Å². The van der Waals surface area contributed by atoms with Crippen LogP contribution in [0.5, 0.6) is 0 Å². The van der Waals surface area contributed by atoms with Crippen molar-refractivity contribution < 1.29 is 0 Å². The molecule has 0 aliphatic heterocycles. The molecule has 0 fully saturated rings. The number of hydrogen-bond donors (Lipinski definition) is 0. The number of fused-ring (bicyclic) bond motifs is 5. The fourth-order valence-electron chi connectivity index (χ4n) is 2.98. The highest BCUT2D eigenvalue weighted by Gasteiger charge is 2.13. The maximum Gasteiger partial charge on any atom is 0.0480 e. The number of benzene rings is 3. The van der Waals surface area contributed by atoms with Gasteiger partial charge < -0.3 is 0 Å². The van der Waals surface area contributed by atoms with Gasteiger partial charge in [0.2, 0.25) is 0 Å². The zero-order chi connectivity index (χ0) is 13.7. The maximum atomic E-state index is 6.22. The minimum absolute atomic E-state index is 0.557. The molecule has 98 valence electrons. The standard InChI is InChI=1S/C18H13ClS/c1-11-5-4-7-13-15(11)9-12(10-19)17-14-6-2-3-8-16(14)20-18(13)17/h2-9H,10H2,1H3. The first-order chi connectivity index (χ1) is 9.79. The third-order valence-electron chi connectivity index (χ3n) is 3.95. The number of alkyl halides is 1. The molecule has 3 aromatic carbocycles. The number of aryl methyl sites for hydroxylation is 1. The lowest BCUT2D eigenvalue weighted by Crippen LogP contribution is -1.84. The van der Waals surface area contributed by atoms with Crippen molar-refractivity contribution in [2.75, 3.05) is 0 Å². The lowest BCUT2D eigenvalue weighted by Gasteiger charge is -2.07. The van der Waals surface area contributed by atoms with Crippen LogP contribution in [0.15, 0.2) is 48.5 Å². The monoisotopic (exact) mass is 296 g/mol. The minimum Gasteiger partial charge on any atom is -0.135 e. The van der Waals surface area contributed by atoms with Gasteiger partial charge in [0.1, 0.15) is 0 Å². The predicted molar refractivity (Wildman–Crippen MR) is 91.1 cm³/mol. The average molecular weight is 297 g/mol. The molecule has 0 atom stereocenters. The summed E-state index contributed by atoms with van der Waals surface area (Å²) < 4.78 is 2.70. The Bertz CT molecular complexity index is 950. The third-order valence-corrected chi connectivity index (χ3v) is 5.44. The van der Waals surface area contributed by atoms with E-state index in [4.69, 9.17) is 11.6 Å². The van der Waals surface area contributed by atoms with Gasteiger partial charge in [0.15, 0.2) is 0 Å². The second-order valence-corrected chi connectivity index (χ2v) is 6.46. The normalized spacial score (nSPS) is 11.7. The van der Waals surface area contributed by atoms with Gasteiger partial charge in [-0.25, -0.2) is 0 Å². The Labute approximate surface area is 126 Å². The van der Waals surface area contributed by atoms with E-state index in [-0.39, 0.29) is 0 Å². The molecule has 0 amide bonds. The largest absolute Gasteiger partial charge is 0.135 e. The van der Waals surface area contributed by atoms with E-state index in [1.165, 1.54) is 42.1 Å². The van der Waals surface area contributed by atoms with Gasteiger partial charge in [-0.3, -0.25) is 0 Å². The van der Waals surface area contributed by atoms with Crippen molar-refractivity contribution in [2.45, 2.75) is 12.8 Å². The fourth-order valence-corrected chi connectivity index (χ4v) is 4.46. The van der Waals surface area contributed by atoms with E-state index in [9.17, 15) is 0 Å². The lowest BCUT2D eigenvalue weighted by molar-refractivity contribution is 1.46. The van der Waals surface area contributed by atoms with E-state index < -0.39 is 0 Å². The van der Waals surface area contributed by atoms with Crippen molar-refractivity contribution in [1.82, 2.24) is 0 Å². The van der Waals surface area contributed by atoms with Crippen molar-refractivity contribution in [3.05, 3.63) is 59.7 Å². The van der Waals surface area contributed by atoms with Gasteiger partial charge in [-0.15, -0.1) is 22.9 Å². The quantitative estimate of drug-likeness (QED) is 0.364. The summed E-state index contributed by atoms with van der Waals surface area (Å²) in [6.07, 6.45) is 0. The van der Waals surface area contributed by atoms with Crippen LogP contribution in [0.2, 0.25) is 0 Å². The Morgan fingerprint density at radius 3 is 2.60 bits per heavy atom. The van der Waals surface area contributed by atoms with Crippen LogP contribution in [-0.4, -0.2) is 0 Å². The number of thiophene rings is 1. The zero-order valence-electron chi connectivity index (χ0n) is 11.1. The Balaban J connectivity index is 2.34. The molecule has 0 aliphatic rings. The van der Waals surface area contributed by atoms with Gasteiger partial charge in [-0.2, -0.15) is 0 Å². The molecule has 20 heavy (non-hydrogen) atoms. The summed E-state index contributed by atoms with van der Waals surface area (Å²) in [5.74, 6) is 0.557. The second kappa shape index (κ2) is 4.47. The van der Waals surface area contributed by atoms with Crippen LogP contribution in [0, 0.1) is 6.92 Å². The van der Waals surface area contributed by atoms with Gasteiger partial charge in [0.05, 0.1) is 0 Å². The lowest BCUT2D eigenvalue weighted by atomic mass is 9.99. The van der Waals surface area contributed by atoms with Crippen molar-refractivity contribution >= 4 is 53.9 Å². The first-order valence-electron chi connectivity index (χ1n) is 6.68. The first-order valence-corrected chi connectivity index (χ1v) is 8.03. The summed E-state index contributed by atoms with van der Waals surface area (Å²) in [5, 5.41) is 5.32. The molecule has 0 aliphatic carbocycles. The molecule has 0 bridgehead atoms. The highest BCUT2D eigenvalue weighted by atomic mass is 35.5. The summed E-state index contributed by atoms with van der Waals surface area (Å²) in [4.78, 5) is 0. The summed E-state index contributed by atoms with van der Waals surface area (Å²) >= 11 is 8.09. The van der Waals surface area contributed by atoms with Crippen molar-refractivity contribution in [2.24, 2.45) is 0 Å². The Morgan fingerprint density at radius 2 is 1.75 bits per heavy atom. The van der Waals surface area contributed by atoms with Crippen LogP contribution in [0.1, 0.15) is 11.1 Å². The van der Waals surface area contributed by atoms with E-state index in [0.717, 1.165) is 0 Å². The molecule has 0 saturated carbocycles. The summed E-state index contributed by atoms with van der Waals surface area (Å²) in [6.45, 7) is 2.17. The van der Waals surface area contributed by atoms with Crippen molar-refractivity contribution in [3.8, 4) is 0 Å². The predicted octanol–water partition coefficient (Wildman–Crippen LogP) is 6.25. The number of rotatable bonds is 1. The van der Waals surface area contributed by atoms with Crippen LogP contribution >= 0.6 is 22.9 Å². The van der Waals surface area contributed by atoms with Crippen LogP contribution in [0.25, 0.3) is 30.9 Å². The molecule has 2 heteroatoms. The smallest absolute Gasteiger partial charge is 0.0480 e. The minimum atomic E-state index is 0.557. The highest BCUT2D eigenvalue weighted by Crippen LogP contribution is 2.41. The van der Waals surface area contributed by atoms with Crippen LogP contribution < -0.4 is 0 Å². The summed E-state index contributed by atoms with van der Waals surface area (Å²) in [7, 11) is 0. The molecule has 4 aromatic rings. The zero-order valence-corrected chi connectivity index (χ0v) is 12.7. The Hall–Kier alpha value is -1.57. The van der Waals surface area contributed by atoms with Crippen LogP contribution in [0.4, 0.5) is 0 Å². The van der Waals surface area contributed by atoms with E-state index >= 15 is 0 Å². The Kier molecular flexibility index (Phi) is 2.73. The van der Waals surface area contributed by atoms with E-state index in [1.54, 1.807) is 0 Å². The molecule has 1 heterocycles.